The number of imidazole rings is 1. The largest absolute Gasteiger partial charge is 0.349 e. The average molecular weight is 393 g/mol. The normalized spacial score (nSPS) is 10.8. The molecule has 0 saturated carbocycles. The van der Waals surface area contributed by atoms with Crippen molar-refractivity contribution in [3.63, 3.8) is 0 Å². The molecule has 0 saturated heterocycles. The predicted molar refractivity (Wildman–Crippen MR) is 105 cm³/mol. The molecule has 0 bridgehead atoms. The Kier molecular flexibility index (Phi) is 7.36. The number of aromatic nitrogens is 2. The first kappa shape index (κ1) is 20.9. The molecule has 2 rings (SSSR count). The molecule has 0 aliphatic heterocycles. The SMILES string of the molecule is CCCCc1nc(Cl)c(CCC(=O)N(C)C)n1Cc1ccc([N+](=O)[O-])cc1. The third-order valence-electron chi connectivity index (χ3n) is 4.42. The van der Waals surface area contributed by atoms with Crippen LogP contribution in [0.15, 0.2) is 24.3 Å². The van der Waals surface area contributed by atoms with Crippen LogP contribution in [0.5, 0.6) is 0 Å². The fraction of sp³-hybridized carbons (Fsp3) is 0.474. The molecule has 0 radical (unpaired) electrons. The number of nitro groups is 1. The standard InChI is InChI=1S/C19H25ClN4O3/c1-4-5-6-17-21-19(20)16(11-12-18(25)22(2)3)23(17)13-14-7-9-15(10-8-14)24(26)27/h7-10H,4-6,11-13H2,1-3H3. The lowest BCUT2D eigenvalue weighted by Gasteiger charge is -2.14. The van der Waals surface area contributed by atoms with Crippen molar-refractivity contribution in [1.29, 1.82) is 0 Å². The Bertz CT molecular complexity index is 800. The number of halogens is 1. The molecule has 0 atom stereocenters. The molecule has 0 aliphatic carbocycles. The number of rotatable bonds is 9. The van der Waals surface area contributed by atoms with E-state index in [1.807, 2.05) is 4.57 Å². The summed E-state index contributed by atoms with van der Waals surface area (Å²) in [7, 11) is 3.45. The van der Waals surface area contributed by atoms with Crippen LogP contribution in [0.2, 0.25) is 5.15 Å². The fourth-order valence-electron chi connectivity index (χ4n) is 2.81. The number of amides is 1. The molecule has 7 nitrogen and oxygen atoms in total. The van der Waals surface area contributed by atoms with Crippen molar-refractivity contribution < 1.29 is 9.72 Å². The molecule has 8 heteroatoms. The number of hydrogen-bond acceptors (Lipinski definition) is 4. The number of hydrogen-bond donors (Lipinski definition) is 0. The van der Waals surface area contributed by atoms with E-state index in [0.29, 0.717) is 24.5 Å². The first-order chi connectivity index (χ1) is 12.8. The number of carbonyl (C=O) groups is 1. The van der Waals surface area contributed by atoms with Crippen LogP contribution in [0.4, 0.5) is 5.69 Å². The van der Waals surface area contributed by atoms with E-state index in [4.69, 9.17) is 11.6 Å². The number of nitro benzene ring substituents is 1. The highest BCUT2D eigenvalue weighted by Gasteiger charge is 2.18. The lowest BCUT2D eigenvalue weighted by Crippen LogP contribution is -2.22. The molecular formula is C19H25ClN4O3. The Balaban J connectivity index is 2.29. The summed E-state index contributed by atoms with van der Waals surface area (Å²) in [4.78, 5) is 28.5. The third-order valence-corrected chi connectivity index (χ3v) is 4.72. The molecule has 146 valence electrons. The van der Waals surface area contributed by atoms with Gasteiger partial charge in [-0.15, -0.1) is 0 Å². The Hall–Kier alpha value is -2.41. The highest BCUT2D eigenvalue weighted by atomic mass is 35.5. The van der Waals surface area contributed by atoms with E-state index in [2.05, 4.69) is 11.9 Å². The number of nitrogens with zero attached hydrogens (tertiary/aromatic N) is 4. The molecule has 0 fully saturated rings. The first-order valence-corrected chi connectivity index (χ1v) is 9.38. The molecule has 0 aliphatic rings. The van der Waals surface area contributed by atoms with Crippen LogP contribution in [0.25, 0.3) is 0 Å². The number of non-ortho nitro benzene ring substituents is 1. The van der Waals surface area contributed by atoms with Gasteiger partial charge in [0.25, 0.3) is 5.69 Å². The third kappa shape index (κ3) is 5.53. The summed E-state index contributed by atoms with van der Waals surface area (Å²) in [5, 5.41) is 11.3. The molecule has 0 unspecified atom stereocenters. The summed E-state index contributed by atoms with van der Waals surface area (Å²) in [5.74, 6) is 0.914. The molecule has 2 aromatic rings. The van der Waals surface area contributed by atoms with Gasteiger partial charge in [-0.2, -0.15) is 0 Å². The first-order valence-electron chi connectivity index (χ1n) is 9.00. The topological polar surface area (TPSA) is 81.3 Å². The lowest BCUT2D eigenvalue weighted by atomic mass is 10.1. The summed E-state index contributed by atoms with van der Waals surface area (Å²) in [6.45, 7) is 2.63. The summed E-state index contributed by atoms with van der Waals surface area (Å²) in [5.41, 5.74) is 1.81. The molecule has 27 heavy (non-hydrogen) atoms. The molecule has 0 N–H and O–H groups in total. The van der Waals surface area contributed by atoms with Gasteiger partial charge in [0, 0.05) is 45.6 Å². The Labute approximate surface area is 164 Å². The van der Waals surface area contributed by atoms with E-state index in [0.717, 1.165) is 36.3 Å². The van der Waals surface area contributed by atoms with Crippen molar-refractivity contribution in [3.8, 4) is 0 Å². The van der Waals surface area contributed by atoms with Crippen LogP contribution >= 0.6 is 11.6 Å². The van der Waals surface area contributed by atoms with Gasteiger partial charge >= 0.3 is 0 Å². The zero-order valence-electron chi connectivity index (χ0n) is 15.9. The van der Waals surface area contributed by atoms with Crippen molar-refractivity contribution in [3.05, 3.63) is 56.6 Å². The van der Waals surface area contributed by atoms with E-state index in [9.17, 15) is 14.9 Å². The summed E-state index contributed by atoms with van der Waals surface area (Å²) in [6.07, 6.45) is 3.68. The Morgan fingerprint density at radius 3 is 2.48 bits per heavy atom. The quantitative estimate of drug-likeness (QED) is 0.479. The summed E-state index contributed by atoms with van der Waals surface area (Å²) < 4.78 is 2.04. The summed E-state index contributed by atoms with van der Waals surface area (Å²) in [6, 6.07) is 6.47. The van der Waals surface area contributed by atoms with Crippen molar-refractivity contribution in [1.82, 2.24) is 14.5 Å². The van der Waals surface area contributed by atoms with Gasteiger partial charge in [0.1, 0.15) is 5.82 Å². The second-order valence-corrected chi connectivity index (χ2v) is 7.02. The molecule has 1 aromatic carbocycles. The number of unbranched alkanes of at least 4 members (excludes halogenated alkanes) is 1. The van der Waals surface area contributed by atoms with Crippen molar-refractivity contribution in [2.75, 3.05) is 14.1 Å². The summed E-state index contributed by atoms with van der Waals surface area (Å²) >= 11 is 6.38. The predicted octanol–water partition coefficient (Wildman–Crippen LogP) is 3.86. The van der Waals surface area contributed by atoms with Gasteiger partial charge in [0.2, 0.25) is 5.91 Å². The monoisotopic (exact) mass is 392 g/mol. The van der Waals surface area contributed by atoms with Gasteiger partial charge < -0.3 is 9.47 Å². The van der Waals surface area contributed by atoms with E-state index in [-0.39, 0.29) is 11.6 Å². The maximum Gasteiger partial charge on any atom is 0.269 e. The minimum Gasteiger partial charge on any atom is -0.349 e. The molecular weight excluding hydrogens is 368 g/mol. The van der Waals surface area contributed by atoms with Crippen molar-refractivity contribution in [2.45, 2.75) is 45.6 Å². The van der Waals surface area contributed by atoms with Crippen LogP contribution in [0.3, 0.4) is 0 Å². The van der Waals surface area contributed by atoms with E-state index in [1.165, 1.54) is 12.1 Å². The zero-order valence-corrected chi connectivity index (χ0v) is 16.7. The van der Waals surface area contributed by atoms with Gasteiger partial charge in [0.05, 0.1) is 10.6 Å². The molecule has 1 aromatic heterocycles. The van der Waals surface area contributed by atoms with Crippen LogP contribution in [-0.4, -0.2) is 39.4 Å². The van der Waals surface area contributed by atoms with Crippen LogP contribution in [0, 0.1) is 10.1 Å². The molecule has 0 spiro atoms. The molecule has 1 heterocycles. The van der Waals surface area contributed by atoms with Gasteiger partial charge in [-0.05, 0) is 18.4 Å². The Morgan fingerprint density at radius 1 is 1.26 bits per heavy atom. The van der Waals surface area contributed by atoms with E-state index >= 15 is 0 Å². The minimum atomic E-state index is -0.414. The Morgan fingerprint density at radius 2 is 1.93 bits per heavy atom. The van der Waals surface area contributed by atoms with Gasteiger partial charge in [-0.3, -0.25) is 14.9 Å². The molecule has 1 amide bonds. The highest BCUT2D eigenvalue weighted by molar-refractivity contribution is 6.30. The second kappa shape index (κ2) is 9.50. The van der Waals surface area contributed by atoms with Crippen LogP contribution in [0.1, 0.15) is 43.3 Å². The maximum atomic E-state index is 12.0. The van der Waals surface area contributed by atoms with Crippen LogP contribution < -0.4 is 0 Å². The van der Waals surface area contributed by atoms with Crippen LogP contribution in [-0.2, 0) is 24.2 Å². The maximum absolute atomic E-state index is 12.0. The highest BCUT2D eigenvalue weighted by Crippen LogP contribution is 2.23. The number of aryl methyl sites for hydroxylation is 1. The number of benzene rings is 1. The van der Waals surface area contributed by atoms with E-state index in [1.54, 1.807) is 31.1 Å². The van der Waals surface area contributed by atoms with Gasteiger partial charge in [-0.1, -0.05) is 37.1 Å². The smallest absolute Gasteiger partial charge is 0.269 e. The average Bonchev–Trinajstić information content (AvgIpc) is 2.92. The fourth-order valence-corrected chi connectivity index (χ4v) is 3.10. The van der Waals surface area contributed by atoms with E-state index < -0.39 is 4.92 Å². The lowest BCUT2D eigenvalue weighted by molar-refractivity contribution is -0.384. The van der Waals surface area contributed by atoms with Crippen molar-refractivity contribution in [2.24, 2.45) is 0 Å². The van der Waals surface area contributed by atoms with Crippen molar-refractivity contribution >= 4 is 23.2 Å². The van der Waals surface area contributed by atoms with Gasteiger partial charge in [0.15, 0.2) is 5.15 Å². The van der Waals surface area contributed by atoms with Gasteiger partial charge in [-0.25, -0.2) is 4.98 Å². The minimum absolute atomic E-state index is 0.0317. The number of carbonyl (C=O) groups excluding carboxylic acids is 1. The second-order valence-electron chi connectivity index (χ2n) is 6.67. The zero-order chi connectivity index (χ0) is 20.0.